The van der Waals surface area contributed by atoms with E-state index in [4.69, 9.17) is 17.0 Å². The Morgan fingerprint density at radius 1 is 1.59 bits per heavy atom. The molecule has 0 saturated heterocycles. The van der Waals surface area contributed by atoms with E-state index in [1.165, 1.54) is 12.3 Å². The molecule has 0 atom stereocenters. The first-order chi connectivity index (χ1) is 7.99. The fourth-order valence-corrected chi connectivity index (χ4v) is 1.50. The van der Waals surface area contributed by atoms with Crippen molar-refractivity contribution in [2.24, 2.45) is 11.0 Å². The summed E-state index contributed by atoms with van der Waals surface area (Å²) in [5, 5.41) is 11.7. The molecule has 2 N–H and O–H groups in total. The van der Waals surface area contributed by atoms with Crippen LogP contribution in [-0.2, 0) is 0 Å². The predicted molar refractivity (Wildman–Crippen MR) is 67.4 cm³/mol. The molecule has 0 aliphatic rings. The predicted octanol–water partition coefficient (Wildman–Crippen LogP) is 2.47. The highest BCUT2D eigenvalue weighted by atomic mass is 35.5. The van der Waals surface area contributed by atoms with Crippen molar-refractivity contribution in [1.29, 1.82) is 5.41 Å². The van der Waals surface area contributed by atoms with Crippen LogP contribution in [0, 0.1) is 17.1 Å². The van der Waals surface area contributed by atoms with Crippen LogP contribution in [0.4, 0.5) is 4.39 Å². The Kier molecular flexibility index (Phi) is 4.57. The molecule has 0 spiro atoms. The lowest BCUT2D eigenvalue weighted by Gasteiger charge is -2.12. The number of hydrogen-bond donors (Lipinski definition) is 2. The molecule has 0 bridgehead atoms. The summed E-state index contributed by atoms with van der Waals surface area (Å²) in [5.74, 6) is -0.690. The SMILES string of the molecule is CN/N=C(\C(=N)c1ccnc(Cl)c1F)C(C)C. The van der Waals surface area contributed by atoms with Gasteiger partial charge in [-0.2, -0.15) is 5.10 Å². The van der Waals surface area contributed by atoms with Crippen molar-refractivity contribution in [3.63, 3.8) is 0 Å². The lowest BCUT2D eigenvalue weighted by molar-refractivity contribution is 0.619. The molecule has 0 saturated carbocycles. The van der Waals surface area contributed by atoms with Crippen LogP contribution in [0.5, 0.6) is 0 Å². The Bertz CT molecular complexity index is 457. The van der Waals surface area contributed by atoms with E-state index in [0.29, 0.717) is 5.71 Å². The maximum Gasteiger partial charge on any atom is 0.169 e. The summed E-state index contributed by atoms with van der Waals surface area (Å²) >= 11 is 5.58. The molecule has 1 heterocycles. The third kappa shape index (κ3) is 3.00. The van der Waals surface area contributed by atoms with Gasteiger partial charge in [-0.15, -0.1) is 0 Å². The molecule has 0 radical (unpaired) electrons. The standard InChI is InChI=1S/C11H14ClFN4/c1-6(2)10(17-15-3)9(14)7-4-5-16-11(12)8(7)13/h4-6,14-15H,1-3H3/b14-9?,17-10-. The van der Waals surface area contributed by atoms with Crippen molar-refractivity contribution in [1.82, 2.24) is 10.4 Å². The Morgan fingerprint density at radius 2 is 2.24 bits per heavy atom. The van der Waals surface area contributed by atoms with Gasteiger partial charge in [0.05, 0.1) is 11.4 Å². The van der Waals surface area contributed by atoms with Gasteiger partial charge in [0.15, 0.2) is 11.0 Å². The second-order valence-electron chi connectivity index (χ2n) is 3.71. The molecule has 1 aromatic heterocycles. The fraction of sp³-hybridized carbons (Fsp3) is 0.364. The smallest absolute Gasteiger partial charge is 0.169 e. The van der Waals surface area contributed by atoms with Crippen LogP contribution in [0.15, 0.2) is 17.4 Å². The zero-order valence-electron chi connectivity index (χ0n) is 9.88. The first-order valence-corrected chi connectivity index (χ1v) is 5.50. The van der Waals surface area contributed by atoms with E-state index in [2.05, 4.69) is 15.5 Å². The van der Waals surface area contributed by atoms with Crippen LogP contribution in [0.1, 0.15) is 19.4 Å². The van der Waals surface area contributed by atoms with Crippen molar-refractivity contribution in [2.45, 2.75) is 13.8 Å². The third-order valence-electron chi connectivity index (χ3n) is 2.15. The number of aromatic nitrogens is 1. The lowest BCUT2D eigenvalue weighted by atomic mass is 9.98. The molecule has 0 unspecified atom stereocenters. The summed E-state index contributed by atoms with van der Waals surface area (Å²) in [4.78, 5) is 3.61. The van der Waals surface area contributed by atoms with E-state index < -0.39 is 5.82 Å². The fourth-order valence-electron chi connectivity index (χ4n) is 1.34. The average molecular weight is 257 g/mol. The van der Waals surface area contributed by atoms with Crippen LogP contribution in [-0.4, -0.2) is 23.5 Å². The Morgan fingerprint density at radius 3 is 2.76 bits per heavy atom. The van der Waals surface area contributed by atoms with Gasteiger partial charge < -0.3 is 5.43 Å². The Labute approximate surface area is 104 Å². The van der Waals surface area contributed by atoms with Crippen LogP contribution in [0.3, 0.4) is 0 Å². The monoisotopic (exact) mass is 256 g/mol. The number of nitrogens with one attached hydrogen (secondary N) is 2. The second kappa shape index (κ2) is 5.72. The van der Waals surface area contributed by atoms with Gasteiger partial charge in [-0.3, -0.25) is 5.41 Å². The zero-order chi connectivity index (χ0) is 13.0. The number of nitrogens with zero attached hydrogens (tertiary/aromatic N) is 2. The topological polar surface area (TPSA) is 61.1 Å². The van der Waals surface area contributed by atoms with E-state index in [-0.39, 0.29) is 22.3 Å². The summed E-state index contributed by atoms with van der Waals surface area (Å²) in [6, 6.07) is 1.41. The van der Waals surface area contributed by atoms with Crippen molar-refractivity contribution in [3.8, 4) is 0 Å². The number of hydrogen-bond acceptors (Lipinski definition) is 4. The molecule has 92 valence electrons. The molecule has 0 aromatic carbocycles. The van der Waals surface area contributed by atoms with Gasteiger partial charge in [0.25, 0.3) is 0 Å². The van der Waals surface area contributed by atoms with Gasteiger partial charge in [-0.05, 0) is 12.0 Å². The van der Waals surface area contributed by atoms with E-state index in [9.17, 15) is 4.39 Å². The molecular weight excluding hydrogens is 243 g/mol. The number of hydrazone groups is 1. The lowest BCUT2D eigenvalue weighted by Crippen LogP contribution is -2.24. The number of rotatable bonds is 4. The largest absolute Gasteiger partial charge is 0.313 e. The quantitative estimate of drug-likeness (QED) is 0.494. The molecule has 0 aliphatic heterocycles. The second-order valence-corrected chi connectivity index (χ2v) is 4.07. The maximum absolute atomic E-state index is 13.7. The number of pyridine rings is 1. The molecule has 1 aromatic rings. The van der Waals surface area contributed by atoms with Crippen molar-refractivity contribution in [3.05, 3.63) is 28.8 Å². The first-order valence-electron chi connectivity index (χ1n) is 5.12. The first kappa shape index (κ1) is 13.6. The van der Waals surface area contributed by atoms with Crippen LogP contribution < -0.4 is 5.43 Å². The summed E-state index contributed by atoms with van der Waals surface area (Å²) in [7, 11) is 1.63. The van der Waals surface area contributed by atoms with Crippen molar-refractivity contribution in [2.75, 3.05) is 7.05 Å². The average Bonchev–Trinajstić information content (AvgIpc) is 2.28. The van der Waals surface area contributed by atoms with Gasteiger partial charge >= 0.3 is 0 Å². The normalized spacial score (nSPS) is 11.8. The van der Waals surface area contributed by atoms with Crippen LogP contribution in [0.2, 0.25) is 5.15 Å². The van der Waals surface area contributed by atoms with E-state index in [1.807, 2.05) is 13.8 Å². The molecule has 6 heteroatoms. The maximum atomic E-state index is 13.7. The van der Waals surface area contributed by atoms with Gasteiger partial charge in [-0.25, -0.2) is 9.37 Å². The molecule has 0 amide bonds. The molecule has 1 rings (SSSR count). The van der Waals surface area contributed by atoms with Gasteiger partial charge in [0.2, 0.25) is 0 Å². The zero-order valence-corrected chi connectivity index (χ0v) is 10.6. The van der Waals surface area contributed by atoms with Crippen LogP contribution in [0.25, 0.3) is 0 Å². The highest BCUT2D eigenvalue weighted by Gasteiger charge is 2.19. The highest BCUT2D eigenvalue weighted by Crippen LogP contribution is 2.17. The molecule has 0 aliphatic carbocycles. The van der Waals surface area contributed by atoms with Crippen molar-refractivity contribution >= 4 is 23.0 Å². The van der Waals surface area contributed by atoms with E-state index >= 15 is 0 Å². The van der Waals surface area contributed by atoms with Crippen LogP contribution >= 0.6 is 11.6 Å². The Balaban J connectivity index is 3.20. The van der Waals surface area contributed by atoms with Gasteiger partial charge in [0.1, 0.15) is 0 Å². The minimum absolute atomic E-state index is 0.00120. The molecular formula is C11H14ClFN4. The Hall–Kier alpha value is -1.49. The summed E-state index contributed by atoms with van der Waals surface area (Å²) in [5.41, 5.74) is 3.19. The minimum atomic E-state index is -0.691. The van der Waals surface area contributed by atoms with Crippen molar-refractivity contribution < 1.29 is 4.39 Å². The summed E-state index contributed by atoms with van der Waals surface area (Å²) in [6.07, 6.45) is 1.37. The van der Waals surface area contributed by atoms with E-state index in [1.54, 1.807) is 7.05 Å². The van der Waals surface area contributed by atoms with Gasteiger partial charge in [-0.1, -0.05) is 25.4 Å². The highest BCUT2D eigenvalue weighted by molar-refractivity contribution is 6.48. The minimum Gasteiger partial charge on any atom is -0.313 e. The number of halogens is 2. The molecule has 0 fully saturated rings. The third-order valence-corrected chi connectivity index (χ3v) is 2.41. The molecule has 17 heavy (non-hydrogen) atoms. The van der Waals surface area contributed by atoms with E-state index in [0.717, 1.165) is 0 Å². The van der Waals surface area contributed by atoms with Gasteiger partial charge in [0, 0.05) is 18.8 Å². The summed E-state index contributed by atoms with van der Waals surface area (Å²) in [6.45, 7) is 3.76. The molecule has 4 nitrogen and oxygen atoms in total. The summed E-state index contributed by atoms with van der Waals surface area (Å²) < 4.78 is 13.7.